The molecule has 2 aromatic heterocycles. The molecular weight excluding hydrogens is 338 g/mol. The molecule has 4 bridgehead atoms. The zero-order valence-corrected chi connectivity index (χ0v) is 15.3. The highest BCUT2D eigenvalue weighted by Gasteiger charge is 2.28. The molecule has 0 saturated carbocycles. The van der Waals surface area contributed by atoms with Crippen molar-refractivity contribution in [1.29, 1.82) is 0 Å². The molecule has 2 atom stereocenters. The number of hydrogen-bond donors (Lipinski definition) is 3. The third-order valence-electron chi connectivity index (χ3n) is 5.38. The summed E-state index contributed by atoms with van der Waals surface area (Å²) >= 11 is 0. The minimum atomic E-state index is -0.0160. The number of rotatable bonds is 0. The van der Waals surface area contributed by atoms with Crippen molar-refractivity contribution in [1.82, 2.24) is 20.3 Å². The summed E-state index contributed by atoms with van der Waals surface area (Å²) in [5.74, 6) is 1.02. The number of H-pyrrole nitrogens is 1. The van der Waals surface area contributed by atoms with Gasteiger partial charge in [0.05, 0.1) is 16.8 Å². The van der Waals surface area contributed by atoms with Crippen LogP contribution in [0.4, 0.5) is 5.82 Å². The van der Waals surface area contributed by atoms with Gasteiger partial charge in [-0.2, -0.15) is 0 Å². The van der Waals surface area contributed by atoms with Crippen molar-refractivity contribution in [2.24, 2.45) is 0 Å². The van der Waals surface area contributed by atoms with Crippen molar-refractivity contribution >= 4 is 22.8 Å². The molecule has 4 heterocycles. The lowest BCUT2D eigenvalue weighted by atomic mass is 9.94. The van der Waals surface area contributed by atoms with Gasteiger partial charge in [-0.25, -0.2) is 9.97 Å². The highest BCUT2D eigenvalue weighted by atomic mass is 16.1. The number of amides is 1. The van der Waals surface area contributed by atoms with Crippen LogP contribution in [0.2, 0.25) is 0 Å². The van der Waals surface area contributed by atoms with Crippen LogP contribution in [0.25, 0.3) is 22.3 Å². The number of anilines is 1. The van der Waals surface area contributed by atoms with E-state index in [0.29, 0.717) is 6.54 Å². The fourth-order valence-electron chi connectivity index (χ4n) is 3.97. The SMILES string of the molecule is Cc1nc2cccc3c2nc1NC(C)/C=C\CC1CNC(=O)c2cc-3[nH]c21. The van der Waals surface area contributed by atoms with Gasteiger partial charge in [0.25, 0.3) is 5.91 Å². The smallest absolute Gasteiger partial charge is 0.253 e. The van der Waals surface area contributed by atoms with Crippen LogP contribution in [0.15, 0.2) is 36.4 Å². The van der Waals surface area contributed by atoms with E-state index in [9.17, 15) is 4.79 Å². The quantitative estimate of drug-likeness (QED) is 0.536. The lowest BCUT2D eigenvalue weighted by molar-refractivity contribution is 0.0940. The molecule has 0 radical (unpaired) electrons. The standard InChI is InChI=1S/C21H21N5O/c1-11-5-3-6-13-10-22-21(27)15-9-17(25-18(13)15)14-7-4-8-16-19(14)26-20(23-11)12(2)24-16/h3-5,7-9,11,13,25H,6,10H2,1-2H3,(H,22,27)(H,23,26)/b5-3-. The summed E-state index contributed by atoms with van der Waals surface area (Å²) < 4.78 is 0. The fraction of sp³-hybridized carbons (Fsp3) is 0.286. The number of nitrogens with zero attached hydrogens (tertiary/aromatic N) is 2. The van der Waals surface area contributed by atoms with E-state index in [2.05, 4.69) is 34.7 Å². The minimum Gasteiger partial charge on any atom is -0.363 e. The summed E-state index contributed by atoms with van der Waals surface area (Å²) in [4.78, 5) is 25.5. The summed E-state index contributed by atoms with van der Waals surface area (Å²) in [5.41, 5.74) is 6.17. The largest absolute Gasteiger partial charge is 0.363 e. The predicted molar refractivity (Wildman–Crippen MR) is 106 cm³/mol. The molecule has 2 aliphatic heterocycles. The van der Waals surface area contributed by atoms with E-state index in [1.807, 2.05) is 31.2 Å². The molecule has 5 rings (SSSR count). The monoisotopic (exact) mass is 359 g/mol. The van der Waals surface area contributed by atoms with E-state index < -0.39 is 0 Å². The van der Waals surface area contributed by atoms with E-state index >= 15 is 0 Å². The third-order valence-corrected chi connectivity index (χ3v) is 5.38. The molecule has 6 heteroatoms. The number of aromatic nitrogens is 3. The van der Waals surface area contributed by atoms with Crippen LogP contribution in [0.1, 0.15) is 41.0 Å². The molecule has 0 spiro atoms. The van der Waals surface area contributed by atoms with Crippen LogP contribution in [0, 0.1) is 6.92 Å². The van der Waals surface area contributed by atoms with E-state index in [-0.39, 0.29) is 17.9 Å². The second-order valence-corrected chi connectivity index (χ2v) is 7.35. The first-order chi connectivity index (χ1) is 13.1. The molecule has 0 aliphatic carbocycles. The average molecular weight is 359 g/mol. The van der Waals surface area contributed by atoms with Crippen molar-refractivity contribution in [2.45, 2.75) is 32.2 Å². The number of carbonyl (C=O) groups excluding carboxylic acids is 1. The van der Waals surface area contributed by atoms with Crippen LogP contribution < -0.4 is 10.6 Å². The maximum absolute atomic E-state index is 12.4. The molecule has 0 fully saturated rings. The van der Waals surface area contributed by atoms with Crippen LogP contribution in [-0.4, -0.2) is 33.4 Å². The van der Waals surface area contributed by atoms with Crippen LogP contribution >= 0.6 is 0 Å². The van der Waals surface area contributed by atoms with Crippen LogP contribution in [0.3, 0.4) is 0 Å². The molecule has 27 heavy (non-hydrogen) atoms. The number of aryl methyl sites for hydroxylation is 1. The van der Waals surface area contributed by atoms with Crippen LogP contribution in [0.5, 0.6) is 0 Å². The lowest BCUT2D eigenvalue weighted by Gasteiger charge is -2.22. The number of benzene rings is 1. The Labute approximate surface area is 157 Å². The molecule has 2 unspecified atom stereocenters. The molecule has 1 aromatic carbocycles. The average Bonchev–Trinajstić information content (AvgIpc) is 3.09. The van der Waals surface area contributed by atoms with E-state index in [1.54, 1.807) is 0 Å². The van der Waals surface area contributed by atoms with E-state index in [4.69, 9.17) is 9.97 Å². The molecule has 136 valence electrons. The first-order valence-corrected chi connectivity index (χ1v) is 9.32. The first kappa shape index (κ1) is 16.1. The highest BCUT2D eigenvalue weighted by Crippen LogP contribution is 2.34. The molecule has 3 aromatic rings. The number of aromatic amines is 1. The highest BCUT2D eigenvalue weighted by molar-refractivity contribution is 6.00. The molecule has 2 aliphatic rings. The normalized spacial score (nSPS) is 22.4. The van der Waals surface area contributed by atoms with Gasteiger partial charge < -0.3 is 15.6 Å². The number of hydrogen-bond acceptors (Lipinski definition) is 4. The van der Waals surface area contributed by atoms with Crippen molar-refractivity contribution in [3.8, 4) is 11.3 Å². The number of fused-ring (bicyclic) bond motifs is 3. The maximum Gasteiger partial charge on any atom is 0.253 e. The lowest BCUT2D eigenvalue weighted by Crippen LogP contribution is -2.34. The zero-order valence-electron chi connectivity index (χ0n) is 15.3. The molecule has 1 amide bonds. The summed E-state index contributed by atoms with van der Waals surface area (Å²) in [6, 6.07) is 8.07. The number of para-hydroxylation sites is 1. The summed E-state index contributed by atoms with van der Waals surface area (Å²) in [5, 5.41) is 6.47. The zero-order chi connectivity index (χ0) is 18.5. The first-order valence-electron chi connectivity index (χ1n) is 9.32. The number of allylic oxidation sites excluding steroid dienone is 1. The fourth-order valence-corrected chi connectivity index (χ4v) is 3.97. The van der Waals surface area contributed by atoms with Gasteiger partial charge in [0.1, 0.15) is 11.3 Å². The Hall–Kier alpha value is -3.15. The summed E-state index contributed by atoms with van der Waals surface area (Å²) in [6.07, 6.45) is 5.19. The van der Waals surface area contributed by atoms with Crippen molar-refractivity contribution in [3.63, 3.8) is 0 Å². The van der Waals surface area contributed by atoms with Gasteiger partial charge in [0.2, 0.25) is 0 Å². The maximum atomic E-state index is 12.4. The van der Waals surface area contributed by atoms with Gasteiger partial charge >= 0.3 is 0 Å². The Bertz CT molecular complexity index is 1100. The topological polar surface area (TPSA) is 82.7 Å². The Kier molecular flexibility index (Phi) is 3.53. The minimum absolute atomic E-state index is 0.0160. The van der Waals surface area contributed by atoms with Gasteiger partial charge in [-0.15, -0.1) is 0 Å². The van der Waals surface area contributed by atoms with Gasteiger partial charge in [-0.3, -0.25) is 4.79 Å². The molecule has 0 saturated heterocycles. The summed E-state index contributed by atoms with van der Waals surface area (Å²) in [6.45, 7) is 4.72. The Morgan fingerprint density at radius 1 is 1.19 bits per heavy atom. The molecule has 6 nitrogen and oxygen atoms in total. The number of carbonyl (C=O) groups is 1. The molecule has 3 N–H and O–H groups in total. The van der Waals surface area contributed by atoms with Gasteiger partial charge in [0.15, 0.2) is 0 Å². The summed E-state index contributed by atoms with van der Waals surface area (Å²) in [7, 11) is 0. The Morgan fingerprint density at radius 3 is 2.96 bits per heavy atom. The van der Waals surface area contributed by atoms with Gasteiger partial charge in [-0.05, 0) is 32.4 Å². The van der Waals surface area contributed by atoms with Crippen molar-refractivity contribution in [2.75, 3.05) is 11.9 Å². The third kappa shape index (κ3) is 2.60. The van der Waals surface area contributed by atoms with E-state index in [0.717, 1.165) is 51.5 Å². The van der Waals surface area contributed by atoms with Crippen LogP contribution in [-0.2, 0) is 0 Å². The van der Waals surface area contributed by atoms with Gasteiger partial charge in [-0.1, -0.05) is 24.3 Å². The second-order valence-electron chi connectivity index (χ2n) is 7.35. The van der Waals surface area contributed by atoms with Crippen molar-refractivity contribution < 1.29 is 4.79 Å². The second kappa shape index (κ2) is 5.94. The van der Waals surface area contributed by atoms with E-state index in [1.165, 1.54) is 0 Å². The number of nitrogens with one attached hydrogen (secondary N) is 3. The van der Waals surface area contributed by atoms with Crippen molar-refractivity contribution in [3.05, 3.63) is 53.4 Å². The Balaban J connectivity index is 1.80. The van der Waals surface area contributed by atoms with Gasteiger partial charge in [0, 0.05) is 35.5 Å². The molecular formula is C21H21N5O. The predicted octanol–water partition coefficient (Wildman–Crippen LogP) is 3.52. The Morgan fingerprint density at radius 2 is 2.07 bits per heavy atom.